The second-order valence-electron chi connectivity index (χ2n) is 4.11. The molecule has 0 aliphatic carbocycles. The molecule has 6 heteroatoms. The smallest absolute Gasteiger partial charge is 0.330 e. The number of nitrogens with zero attached hydrogens (tertiary/aromatic N) is 2. The SMILES string of the molecule is O=[N+]([O-])c1cccnc1OC[C@@H]1CCCNC1. The Morgan fingerprint density at radius 2 is 2.53 bits per heavy atom. The van der Waals surface area contributed by atoms with Crippen molar-refractivity contribution < 1.29 is 9.66 Å². The lowest BCUT2D eigenvalue weighted by molar-refractivity contribution is -0.386. The zero-order valence-electron chi connectivity index (χ0n) is 9.46. The maximum Gasteiger partial charge on any atom is 0.330 e. The molecule has 0 radical (unpaired) electrons. The standard InChI is InChI=1S/C11H15N3O3/c15-14(16)10-4-2-6-13-11(10)17-8-9-3-1-5-12-7-9/h2,4,6,9,12H,1,3,5,7-8H2/t9-/m1/s1. The maximum atomic E-state index is 10.7. The van der Waals surface area contributed by atoms with Crippen LogP contribution in [-0.4, -0.2) is 29.6 Å². The van der Waals surface area contributed by atoms with Gasteiger partial charge in [0.15, 0.2) is 0 Å². The molecule has 6 nitrogen and oxygen atoms in total. The van der Waals surface area contributed by atoms with Crippen molar-refractivity contribution in [1.82, 2.24) is 10.3 Å². The van der Waals surface area contributed by atoms with Crippen molar-refractivity contribution in [2.75, 3.05) is 19.7 Å². The maximum absolute atomic E-state index is 10.7. The molecule has 1 aliphatic rings. The van der Waals surface area contributed by atoms with Crippen LogP contribution < -0.4 is 10.1 Å². The molecule has 0 saturated carbocycles. The fourth-order valence-electron chi connectivity index (χ4n) is 1.90. The molecule has 1 aliphatic heterocycles. The number of pyridine rings is 1. The summed E-state index contributed by atoms with van der Waals surface area (Å²) in [6.07, 6.45) is 3.72. The van der Waals surface area contributed by atoms with E-state index in [1.54, 1.807) is 0 Å². The summed E-state index contributed by atoms with van der Waals surface area (Å²) in [5.74, 6) is 0.522. The van der Waals surface area contributed by atoms with Crippen LogP contribution in [0.15, 0.2) is 18.3 Å². The molecule has 0 amide bonds. The summed E-state index contributed by atoms with van der Waals surface area (Å²) < 4.78 is 5.45. The quantitative estimate of drug-likeness (QED) is 0.632. The van der Waals surface area contributed by atoms with Gasteiger partial charge in [-0.3, -0.25) is 10.1 Å². The van der Waals surface area contributed by atoms with Gasteiger partial charge in [0, 0.05) is 24.7 Å². The fraction of sp³-hybridized carbons (Fsp3) is 0.545. The van der Waals surface area contributed by atoms with Gasteiger partial charge in [0.2, 0.25) is 0 Å². The first-order chi connectivity index (χ1) is 8.27. The van der Waals surface area contributed by atoms with Gasteiger partial charge < -0.3 is 10.1 Å². The van der Waals surface area contributed by atoms with Crippen LogP contribution in [0.3, 0.4) is 0 Å². The van der Waals surface area contributed by atoms with Crippen molar-refractivity contribution in [3.05, 3.63) is 28.4 Å². The van der Waals surface area contributed by atoms with Crippen LogP contribution in [0.25, 0.3) is 0 Å². The van der Waals surface area contributed by atoms with Gasteiger partial charge in [-0.15, -0.1) is 0 Å². The Labute approximate surface area is 99.2 Å². The van der Waals surface area contributed by atoms with Crippen LogP contribution in [0.4, 0.5) is 5.69 Å². The number of hydrogen-bond donors (Lipinski definition) is 1. The highest BCUT2D eigenvalue weighted by molar-refractivity contribution is 5.39. The third-order valence-electron chi connectivity index (χ3n) is 2.80. The van der Waals surface area contributed by atoms with Gasteiger partial charge in [-0.25, -0.2) is 4.98 Å². The average Bonchev–Trinajstić information content (AvgIpc) is 2.38. The third-order valence-corrected chi connectivity index (χ3v) is 2.80. The summed E-state index contributed by atoms with van der Waals surface area (Å²) in [5.41, 5.74) is -0.0729. The monoisotopic (exact) mass is 237 g/mol. The van der Waals surface area contributed by atoms with Crippen molar-refractivity contribution in [1.29, 1.82) is 0 Å². The Kier molecular flexibility index (Phi) is 3.87. The molecular weight excluding hydrogens is 222 g/mol. The van der Waals surface area contributed by atoms with E-state index in [1.165, 1.54) is 18.3 Å². The number of nitro groups is 1. The van der Waals surface area contributed by atoms with Crippen molar-refractivity contribution in [3.63, 3.8) is 0 Å². The largest absolute Gasteiger partial charge is 0.472 e. The van der Waals surface area contributed by atoms with E-state index in [9.17, 15) is 10.1 Å². The van der Waals surface area contributed by atoms with E-state index >= 15 is 0 Å². The highest BCUT2D eigenvalue weighted by Crippen LogP contribution is 2.23. The van der Waals surface area contributed by atoms with Crippen LogP contribution in [-0.2, 0) is 0 Å². The van der Waals surface area contributed by atoms with Crippen molar-refractivity contribution in [2.24, 2.45) is 5.92 Å². The highest BCUT2D eigenvalue weighted by Gasteiger charge is 2.18. The molecule has 1 aromatic rings. The van der Waals surface area contributed by atoms with Crippen molar-refractivity contribution in [2.45, 2.75) is 12.8 Å². The first-order valence-electron chi connectivity index (χ1n) is 5.70. The normalized spacial score (nSPS) is 19.9. The molecule has 0 spiro atoms. The van der Waals surface area contributed by atoms with Crippen molar-refractivity contribution in [3.8, 4) is 5.88 Å². The summed E-state index contributed by atoms with van der Waals surface area (Å²) in [4.78, 5) is 14.2. The minimum atomic E-state index is -0.471. The molecule has 0 unspecified atom stereocenters. The molecule has 17 heavy (non-hydrogen) atoms. The topological polar surface area (TPSA) is 77.3 Å². The lowest BCUT2D eigenvalue weighted by Gasteiger charge is -2.22. The summed E-state index contributed by atoms with van der Waals surface area (Å²) >= 11 is 0. The van der Waals surface area contributed by atoms with Crippen LogP contribution in [0.2, 0.25) is 0 Å². The number of rotatable bonds is 4. The first kappa shape index (κ1) is 11.8. The molecule has 1 atom stereocenters. The van der Waals surface area contributed by atoms with E-state index < -0.39 is 4.92 Å². The van der Waals surface area contributed by atoms with Crippen LogP contribution in [0.1, 0.15) is 12.8 Å². The molecule has 0 bridgehead atoms. The van der Waals surface area contributed by atoms with Gasteiger partial charge in [-0.1, -0.05) is 0 Å². The zero-order valence-corrected chi connectivity index (χ0v) is 9.46. The minimum absolute atomic E-state index is 0.0729. The Bertz CT molecular complexity index is 391. The molecule has 1 saturated heterocycles. The number of hydrogen-bond acceptors (Lipinski definition) is 5. The molecule has 2 rings (SSSR count). The van der Waals surface area contributed by atoms with E-state index in [2.05, 4.69) is 10.3 Å². The van der Waals surface area contributed by atoms with Crippen LogP contribution in [0, 0.1) is 16.0 Å². The van der Waals surface area contributed by atoms with E-state index in [-0.39, 0.29) is 11.6 Å². The highest BCUT2D eigenvalue weighted by atomic mass is 16.6. The molecule has 1 aromatic heterocycles. The van der Waals surface area contributed by atoms with E-state index in [0.29, 0.717) is 12.5 Å². The summed E-state index contributed by atoms with van der Waals surface area (Å²) in [6.45, 7) is 2.42. The van der Waals surface area contributed by atoms with E-state index in [0.717, 1.165) is 25.9 Å². The molecule has 0 aromatic carbocycles. The number of nitrogens with one attached hydrogen (secondary N) is 1. The number of ether oxygens (including phenoxy) is 1. The Morgan fingerprint density at radius 3 is 3.24 bits per heavy atom. The molecular formula is C11H15N3O3. The Morgan fingerprint density at radius 1 is 1.65 bits per heavy atom. The fourth-order valence-corrected chi connectivity index (χ4v) is 1.90. The third kappa shape index (κ3) is 3.13. The Balaban J connectivity index is 1.96. The Hall–Kier alpha value is -1.69. The molecule has 92 valence electrons. The van der Waals surface area contributed by atoms with E-state index in [4.69, 9.17) is 4.74 Å². The lowest BCUT2D eigenvalue weighted by Crippen LogP contribution is -2.33. The van der Waals surface area contributed by atoms with Gasteiger partial charge in [0.25, 0.3) is 5.88 Å². The number of aromatic nitrogens is 1. The summed E-state index contributed by atoms with van der Waals surface area (Å²) in [7, 11) is 0. The second kappa shape index (κ2) is 5.58. The van der Waals surface area contributed by atoms with Gasteiger partial charge in [-0.05, 0) is 25.5 Å². The van der Waals surface area contributed by atoms with Crippen LogP contribution in [0.5, 0.6) is 5.88 Å². The predicted octanol–water partition coefficient (Wildman–Crippen LogP) is 1.37. The lowest BCUT2D eigenvalue weighted by atomic mass is 10.0. The summed E-state index contributed by atoms with van der Waals surface area (Å²) in [6, 6.07) is 2.94. The average molecular weight is 237 g/mol. The minimum Gasteiger partial charge on any atom is -0.472 e. The molecule has 1 N–H and O–H groups in total. The molecule has 2 heterocycles. The van der Waals surface area contributed by atoms with Gasteiger partial charge in [0.1, 0.15) is 0 Å². The number of piperidine rings is 1. The van der Waals surface area contributed by atoms with Gasteiger partial charge >= 0.3 is 5.69 Å². The summed E-state index contributed by atoms with van der Waals surface area (Å²) in [5, 5.41) is 14.0. The molecule has 1 fully saturated rings. The second-order valence-corrected chi connectivity index (χ2v) is 4.11. The first-order valence-corrected chi connectivity index (χ1v) is 5.70. The zero-order chi connectivity index (χ0) is 12.1. The van der Waals surface area contributed by atoms with Crippen molar-refractivity contribution >= 4 is 5.69 Å². The van der Waals surface area contributed by atoms with Gasteiger partial charge in [0.05, 0.1) is 11.5 Å². The van der Waals surface area contributed by atoms with Gasteiger partial charge in [-0.2, -0.15) is 0 Å². The predicted molar refractivity (Wildman–Crippen MR) is 62.0 cm³/mol. The van der Waals surface area contributed by atoms with E-state index in [1.807, 2.05) is 0 Å². The van der Waals surface area contributed by atoms with Crippen LogP contribution >= 0.6 is 0 Å².